The molecule has 0 N–H and O–H groups in total. The Morgan fingerprint density at radius 1 is 1.50 bits per heavy atom. The summed E-state index contributed by atoms with van der Waals surface area (Å²) in [6.07, 6.45) is -4.78. The monoisotopic (exact) mass is 190 g/mol. The van der Waals surface area contributed by atoms with Crippen LogP contribution in [0, 0.1) is 0 Å². The third kappa shape index (κ3) is 2.83. The van der Waals surface area contributed by atoms with Crippen molar-refractivity contribution in [2.75, 3.05) is 5.75 Å². The van der Waals surface area contributed by atoms with Crippen molar-refractivity contribution in [1.29, 1.82) is 0 Å². The molecule has 0 saturated carbocycles. The molecule has 0 aromatic carbocycles. The van der Waals surface area contributed by atoms with Gasteiger partial charge in [-0.3, -0.25) is 4.79 Å². The second kappa shape index (κ2) is 3.52. The summed E-state index contributed by atoms with van der Waals surface area (Å²) in [7, 11) is 0. The molecule has 0 radical (unpaired) electrons. The smallest absolute Gasteiger partial charge is 0.288 e. The van der Waals surface area contributed by atoms with Gasteiger partial charge >= 0.3 is 6.18 Å². The molecular formula is C4H5F3OS2. The molecular weight excluding hydrogens is 185 g/mol. The van der Waals surface area contributed by atoms with E-state index in [-0.39, 0.29) is 5.75 Å². The number of halogens is 3. The van der Waals surface area contributed by atoms with Gasteiger partial charge in [0.05, 0.1) is 5.25 Å². The molecule has 6 heteroatoms. The Labute approximate surface area is 66.8 Å². The van der Waals surface area contributed by atoms with Crippen molar-refractivity contribution in [3.63, 3.8) is 0 Å². The van der Waals surface area contributed by atoms with Crippen LogP contribution in [0.1, 0.15) is 0 Å². The summed E-state index contributed by atoms with van der Waals surface area (Å²) in [6, 6.07) is 0. The first-order valence-corrected chi connectivity index (χ1v) is 3.44. The number of hydrogen-bond acceptors (Lipinski definition) is 3. The molecule has 0 heterocycles. The Morgan fingerprint density at radius 3 is 2.00 bits per heavy atom. The lowest BCUT2D eigenvalue weighted by Crippen LogP contribution is -2.32. The highest BCUT2D eigenvalue weighted by Crippen LogP contribution is 2.20. The van der Waals surface area contributed by atoms with Crippen LogP contribution in [-0.2, 0) is 4.79 Å². The third-order valence-corrected chi connectivity index (χ3v) is 1.83. The lowest BCUT2D eigenvalue weighted by atomic mass is 10.3. The molecule has 10 heavy (non-hydrogen) atoms. The van der Waals surface area contributed by atoms with Crippen LogP contribution in [0.25, 0.3) is 0 Å². The quantitative estimate of drug-likeness (QED) is 0.628. The fourth-order valence-electron chi connectivity index (χ4n) is 0.272. The highest BCUT2D eigenvalue weighted by Gasteiger charge is 2.41. The lowest BCUT2D eigenvalue weighted by Gasteiger charge is -2.08. The van der Waals surface area contributed by atoms with Crippen LogP contribution in [0.2, 0.25) is 0 Å². The maximum absolute atomic E-state index is 11.5. The van der Waals surface area contributed by atoms with E-state index in [1.54, 1.807) is 0 Å². The molecule has 0 aromatic heterocycles. The first-order valence-electron chi connectivity index (χ1n) is 2.29. The van der Waals surface area contributed by atoms with Crippen LogP contribution in [-0.4, -0.2) is 23.0 Å². The van der Waals surface area contributed by atoms with Gasteiger partial charge in [0, 0.05) is 5.75 Å². The van der Waals surface area contributed by atoms with Crippen LogP contribution in [0.4, 0.5) is 13.2 Å². The predicted octanol–water partition coefficient (Wildman–Crippen LogP) is 1.35. The summed E-state index contributed by atoms with van der Waals surface area (Å²) in [6.45, 7) is 0. The van der Waals surface area contributed by atoms with E-state index < -0.39 is 17.2 Å². The van der Waals surface area contributed by atoms with Gasteiger partial charge in [-0.2, -0.15) is 38.4 Å². The maximum atomic E-state index is 11.5. The van der Waals surface area contributed by atoms with Crippen molar-refractivity contribution in [3.05, 3.63) is 0 Å². The molecule has 0 amide bonds. The standard InChI is InChI=1S/C4H5F3OS2/c5-4(6,7)3(8)2(10)1-9/h2,9-10H,1H2. The number of carbonyl (C=O) groups excluding carboxylic acids is 1. The van der Waals surface area contributed by atoms with Crippen molar-refractivity contribution in [1.82, 2.24) is 0 Å². The van der Waals surface area contributed by atoms with E-state index in [9.17, 15) is 18.0 Å². The summed E-state index contributed by atoms with van der Waals surface area (Å²) in [4.78, 5) is 10.1. The van der Waals surface area contributed by atoms with Gasteiger partial charge < -0.3 is 0 Å². The van der Waals surface area contributed by atoms with Crippen LogP contribution in [0.15, 0.2) is 0 Å². The minimum atomic E-state index is -4.78. The van der Waals surface area contributed by atoms with E-state index >= 15 is 0 Å². The van der Waals surface area contributed by atoms with Crippen molar-refractivity contribution in [3.8, 4) is 0 Å². The number of hydrogen-bond donors (Lipinski definition) is 2. The van der Waals surface area contributed by atoms with Gasteiger partial charge in [-0.05, 0) is 0 Å². The van der Waals surface area contributed by atoms with E-state index in [0.29, 0.717) is 0 Å². The Morgan fingerprint density at radius 2 is 1.90 bits per heavy atom. The van der Waals surface area contributed by atoms with Gasteiger partial charge in [0.1, 0.15) is 0 Å². The topological polar surface area (TPSA) is 17.1 Å². The number of ketones is 1. The molecule has 0 spiro atoms. The molecule has 0 aliphatic carbocycles. The average Bonchev–Trinajstić information content (AvgIpc) is 1.83. The van der Waals surface area contributed by atoms with Gasteiger partial charge in [-0.25, -0.2) is 0 Å². The van der Waals surface area contributed by atoms with E-state index in [2.05, 4.69) is 25.3 Å². The highest BCUT2D eigenvalue weighted by molar-refractivity contribution is 7.85. The van der Waals surface area contributed by atoms with Crippen molar-refractivity contribution < 1.29 is 18.0 Å². The normalized spacial score (nSPS) is 14.9. The van der Waals surface area contributed by atoms with Crippen LogP contribution in [0.5, 0.6) is 0 Å². The number of thiol groups is 2. The minimum Gasteiger partial charge on any atom is -0.288 e. The van der Waals surface area contributed by atoms with E-state index in [0.717, 1.165) is 0 Å². The first kappa shape index (κ1) is 10.2. The summed E-state index contributed by atoms with van der Waals surface area (Å²) in [5.41, 5.74) is 0. The molecule has 60 valence electrons. The summed E-state index contributed by atoms with van der Waals surface area (Å²) < 4.78 is 34.4. The van der Waals surface area contributed by atoms with Gasteiger partial charge in [-0.1, -0.05) is 0 Å². The number of Topliss-reactive ketones (excluding diaryl/α,β-unsaturated/α-hetero) is 1. The second-order valence-electron chi connectivity index (χ2n) is 1.56. The SMILES string of the molecule is O=C(C(S)CS)C(F)(F)F. The fraction of sp³-hybridized carbons (Fsp3) is 0.750. The zero-order valence-corrected chi connectivity index (χ0v) is 6.51. The number of carbonyl (C=O) groups is 1. The molecule has 0 saturated heterocycles. The molecule has 0 aliphatic rings. The van der Waals surface area contributed by atoms with Crippen molar-refractivity contribution in [2.24, 2.45) is 0 Å². The second-order valence-corrected chi connectivity index (χ2v) is 2.55. The van der Waals surface area contributed by atoms with Gasteiger partial charge in [-0.15, -0.1) is 0 Å². The highest BCUT2D eigenvalue weighted by atomic mass is 32.1. The van der Waals surface area contributed by atoms with E-state index in [1.165, 1.54) is 0 Å². The summed E-state index contributed by atoms with van der Waals surface area (Å²) in [5, 5.41) is -1.34. The molecule has 0 aromatic rings. The molecule has 1 nitrogen and oxygen atoms in total. The number of rotatable bonds is 2. The lowest BCUT2D eigenvalue weighted by molar-refractivity contribution is -0.169. The van der Waals surface area contributed by atoms with E-state index in [1.807, 2.05) is 0 Å². The molecule has 1 atom stereocenters. The van der Waals surface area contributed by atoms with E-state index in [4.69, 9.17) is 0 Å². The van der Waals surface area contributed by atoms with Gasteiger partial charge in [0.2, 0.25) is 5.78 Å². The Balaban J connectivity index is 4.09. The zero-order chi connectivity index (χ0) is 8.36. The van der Waals surface area contributed by atoms with Crippen LogP contribution >= 0.6 is 25.3 Å². The summed E-state index contributed by atoms with van der Waals surface area (Å²) >= 11 is 6.86. The Bertz CT molecular complexity index is 133. The minimum absolute atomic E-state index is 0.207. The molecule has 0 fully saturated rings. The van der Waals surface area contributed by atoms with Crippen molar-refractivity contribution >= 4 is 31.0 Å². The third-order valence-electron chi connectivity index (χ3n) is 0.755. The van der Waals surface area contributed by atoms with Crippen LogP contribution in [0.3, 0.4) is 0 Å². The van der Waals surface area contributed by atoms with Gasteiger partial charge in [0.15, 0.2) is 0 Å². The first-order chi connectivity index (χ1) is 4.39. The number of alkyl halides is 3. The Hall–Kier alpha value is 0.160. The molecule has 0 aliphatic heterocycles. The summed E-state index contributed by atoms with van der Waals surface area (Å²) in [5.74, 6) is -2.05. The van der Waals surface area contributed by atoms with Crippen molar-refractivity contribution in [2.45, 2.75) is 11.4 Å². The Kier molecular flexibility index (Phi) is 3.58. The zero-order valence-electron chi connectivity index (χ0n) is 4.72. The molecule has 1 unspecified atom stereocenters. The molecule has 0 rings (SSSR count). The average molecular weight is 190 g/mol. The maximum Gasteiger partial charge on any atom is 0.451 e. The largest absolute Gasteiger partial charge is 0.451 e. The van der Waals surface area contributed by atoms with Gasteiger partial charge in [0.25, 0.3) is 0 Å². The predicted molar refractivity (Wildman–Crippen MR) is 37.7 cm³/mol. The molecule has 0 bridgehead atoms. The van der Waals surface area contributed by atoms with Crippen LogP contribution < -0.4 is 0 Å². The fourth-order valence-corrected chi connectivity index (χ4v) is 0.584.